The van der Waals surface area contributed by atoms with Gasteiger partial charge in [0.2, 0.25) is 5.56 Å². The highest BCUT2D eigenvalue weighted by atomic mass is 35.5. The van der Waals surface area contributed by atoms with Gasteiger partial charge in [-0.25, -0.2) is 0 Å². The molecular formula is C43H51ClN4O7. The number of phenols is 1. The molecule has 0 unspecified atom stereocenters. The fourth-order valence-corrected chi connectivity index (χ4v) is 8.56. The second-order valence-corrected chi connectivity index (χ2v) is 15.7. The maximum absolute atomic E-state index is 14.0. The van der Waals surface area contributed by atoms with Gasteiger partial charge in [0, 0.05) is 48.2 Å². The molecular weight excluding hydrogens is 720 g/mol. The minimum atomic E-state index is -0.821. The Hall–Kier alpha value is -4.42. The van der Waals surface area contributed by atoms with Crippen LogP contribution in [0.1, 0.15) is 79.0 Å². The Balaban J connectivity index is 0.822. The number of nitrogens with one attached hydrogen (secondary N) is 2. The first-order chi connectivity index (χ1) is 26.7. The van der Waals surface area contributed by atoms with Crippen LogP contribution in [0.5, 0.6) is 11.5 Å². The van der Waals surface area contributed by atoms with Gasteiger partial charge in [0.15, 0.2) is 0 Å². The molecule has 4 fully saturated rings. The third-order valence-corrected chi connectivity index (χ3v) is 12.0. The molecule has 0 radical (unpaired) electrons. The molecule has 0 spiro atoms. The first kappa shape index (κ1) is 38.8. The van der Waals surface area contributed by atoms with Gasteiger partial charge >= 0.3 is 5.97 Å². The predicted molar refractivity (Wildman–Crippen MR) is 212 cm³/mol. The highest BCUT2D eigenvalue weighted by molar-refractivity contribution is 6.30. The summed E-state index contributed by atoms with van der Waals surface area (Å²) in [6.45, 7) is 5.54. The minimum absolute atomic E-state index is 0.0280. The average Bonchev–Trinajstić information content (AvgIpc) is 3.21. The number of unbranched alkanes of at least 4 members (excludes halogenated alkanes) is 3. The lowest BCUT2D eigenvalue weighted by molar-refractivity contribution is -0.167. The average molecular weight is 771 g/mol. The summed E-state index contributed by atoms with van der Waals surface area (Å²) >= 11 is 6.22. The van der Waals surface area contributed by atoms with Crippen molar-refractivity contribution in [3.63, 3.8) is 0 Å². The smallest absolute Gasteiger partial charge is 0.317 e. The maximum Gasteiger partial charge on any atom is 0.317 e. The molecule has 4 aliphatic rings. The van der Waals surface area contributed by atoms with Crippen LogP contribution >= 0.6 is 11.6 Å². The molecule has 4 saturated heterocycles. The van der Waals surface area contributed by atoms with Crippen LogP contribution in [-0.2, 0) is 14.9 Å². The van der Waals surface area contributed by atoms with Crippen LogP contribution in [0.15, 0.2) is 77.6 Å². The van der Waals surface area contributed by atoms with E-state index < -0.39 is 11.5 Å². The number of aromatic amines is 1. The summed E-state index contributed by atoms with van der Waals surface area (Å²) in [6, 6.07) is 20.9. The molecule has 2 bridgehead atoms. The van der Waals surface area contributed by atoms with E-state index in [9.17, 15) is 24.6 Å². The number of esters is 1. The van der Waals surface area contributed by atoms with Crippen molar-refractivity contribution >= 4 is 34.4 Å². The van der Waals surface area contributed by atoms with E-state index in [1.54, 1.807) is 24.3 Å². The molecule has 4 aromatic rings. The molecule has 1 amide bonds. The van der Waals surface area contributed by atoms with Crippen molar-refractivity contribution < 1.29 is 29.3 Å². The summed E-state index contributed by atoms with van der Waals surface area (Å²) in [6.07, 6.45) is 6.11. The number of pyridine rings is 1. The zero-order valence-corrected chi connectivity index (χ0v) is 31.9. The van der Waals surface area contributed by atoms with Crippen molar-refractivity contribution in [1.29, 1.82) is 0 Å². The number of hydrogen-bond acceptors (Lipinski definition) is 9. The molecule has 8 rings (SSSR count). The molecule has 4 N–H and O–H groups in total. The Bertz CT molecular complexity index is 1990. The molecule has 11 nitrogen and oxygen atoms in total. The van der Waals surface area contributed by atoms with Crippen LogP contribution in [0.2, 0.25) is 5.02 Å². The number of fused-ring (bicyclic) bond motifs is 4. The van der Waals surface area contributed by atoms with Gasteiger partial charge in [-0.3, -0.25) is 19.3 Å². The molecule has 1 aromatic heterocycles. The van der Waals surface area contributed by atoms with Crippen LogP contribution < -0.4 is 15.6 Å². The zero-order chi connectivity index (χ0) is 38.4. The number of benzene rings is 3. The molecule has 0 aliphatic carbocycles. The van der Waals surface area contributed by atoms with E-state index in [-0.39, 0.29) is 29.3 Å². The van der Waals surface area contributed by atoms with Crippen LogP contribution in [0.3, 0.4) is 0 Å². The van der Waals surface area contributed by atoms with Crippen molar-refractivity contribution in [3.05, 3.63) is 105 Å². The Kier molecular flexibility index (Phi) is 12.4. The number of amides is 1. The second kappa shape index (κ2) is 17.6. The van der Waals surface area contributed by atoms with E-state index in [0.29, 0.717) is 77.8 Å². The monoisotopic (exact) mass is 770 g/mol. The molecule has 3 aromatic carbocycles. The Morgan fingerprint density at radius 1 is 0.909 bits per heavy atom. The van der Waals surface area contributed by atoms with Crippen LogP contribution in [0.25, 0.3) is 10.9 Å². The summed E-state index contributed by atoms with van der Waals surface area (Å²) in [5, 5.41) is 25.3. The van der Waals surface area contributed by atoms with Crippen molar-refractivity contribution in [3.8, 4) is 11.5 Å². The topological polar surface area (TPSA) is 144 Å². The summed E-state index contributed by atoms with van der Waals surface area (Å²) in [7, 11) is 0. The third kappa shape index (κ3) is 9.02. The van der Waals surface area contributed by atoms with Crippen molar-refractivity contribution in [2.75, 3.05) is 52.4 Å². The predicted octanol–water partition coefficient (Wildman–Crippen LogP) is 5.96. The second-order valence-electron chi connectivity index (χ2n) is 15.3. The fraction of sp³-hybridized carbons (Fsp3) is 0.465. The first-order valence-electron chi connectivity index (χ1n) is 19.7. The Morgan fingerprint density at radius 3 is 2.35 bits per heavy atom. The summed E-state index contributed by atoms with van der Waals surface area (Å²) in [4.78, 5) is 46.1. The number of hydrogen-bond donors (Lipinski definition) is 4. The van der Waals surface area contributed by atoms with Crippen molar-refractivity contribution in [2.45, 2.75) is 69.0 Å². The lowest BCUT2D eigenvalue weighted by Gasteiger charge is -2.46. The van der Waals surface area contributed by atoms with Crippen molar-refractivity contribution in [1.82, 2.24) is 20.1 Å². The largest absolute Gasteiger partial charge is 0.506 e. The number of nitrogens with zero attached hydrogens (tertiary/aromatic N) is 2. The number of aromatic hydroxyl groups is 1. The molecule has 5 heterocycles. The van der Waals surface area contributed by atoms with E-state index in [2.05, 4.69) is 15.2 Å². The van der Waals surface area contributed by atoms with Gasteiger partial charge in [-0.2, -0.15) is 0 Å². The Morgan fingerprint density at radius 2 is 1.64 bits per heavy atom. The molecule has 12 heteroatoms. The van der Waals surface area contributed by atoms with E-state index in [4.69, 9.17) is 21.1 Å². The van der Waals surface area contributed by atoms with Crippen LogP contribution in [0, 0.1) is 5.92 Å². The fourth-order valence-electron chi connectivity index (χ4n) is 8.44. The molecule has 0 saturated carbocycles. The number of H-pyrrole nitrogens is 1. The highest BCUT2D eigenvalue weighted by Gasteiger charge is 2.47. The number of piperidine rings is 4. The quantitative estimate of drug-likeness (QED) is 0.0851. The number of carbonyl (C=O) groups is 2. The van der Waals surface area contributed by atoms with Gasteiger partial charge in [-0.05, 0) is 124 Å². The molecule has 55 heavy (non-hydrogen) atoms. The summed E-state index contributed by atoms with van der Waals surface area (Å²) in [5.41, 5.74) is 1.32. The number of aliphatic hydroxyl groups is 1. The number of phenolic OH excluding ortho intramolecular Hbond substituents is 1. The SMILES string of the molecule is O=C(c1ccc(OCCCCCCNC[C@H](O)c2ccc(O)c3[nH]c(=O)ccc23)cc1)N1CCC(C(=O)O[C@H]2CN3CCC2CC3)(c2ccc(Cl)cc2)CC1. The third-order valence-electron chi connectivity index (χ3n) is 11.8. The summed E-state index contributed by atoms with van der Waals surface area (Å²) in [5.74, 6) is 0.864. The van der Waals surface area contributed by atoms with Crippen LogP contribution in [-0.4, -0.2) is 95.4 Å². The van der Waals surface area contributed by atoms with Gasteiger partial charge in [-0.1, -0.05) is 42.6 Å². The minimum Gasteiger partial charge on any atom is -0.506 e. The van der Waals surface area contributed by atoms with Gasteiger partial charge in [0.05, 0.1) is 23.6 Å². The maximum atomic E-state index is 14.0. The van der Waals surface area contributed by atoms with E-state index in [0.717, 1.165) is 70.3 Å². The first-order valence-corrected chi connectivity index (χ1v) is 20.0. The lowest BCUT2D eigenvalue weighted by Crippen LogP contribution is -2.55. The normalized spacial score (nSPS) is 21.0. The van der Waals surface area contributed by atoms with Gasteiger partial charge in [0.25, 0.3) is 5.91 Å². The number of rotatable bonds is 15. The molecule has 4 aliphatic heterocycles. The van der Waals surface area contributed by atoms with Gasteiger partial charge in [-0.15, -0.1) is 0 Å². The molecule has 292 valence electrons. The zero-order valence-electron chi connectivity index (χ0n) is 31.2. The van der Waals surface area contributed by atoms with Crippen molar-refractivity contribution in [2.24, 2.45) is 5.92 Å². The van der Waals surface area contributed by atoms with E-state index >= 15 is 0 Å². The van der Waals surface area contributed by atoms with Gasteiger partial charge in [0.1, 0.15) is 17.6 Å². The van der Waals surface area contributed by atoms with E-state index in [1.165, 1.54) is 12.1 Å². The molecule has 2 atom stereocenters. The van der Waals surface area contributed by atoms with E-state index in [1.807, 2.05) is 41.3 Å². The summed E-state index contributed by atoms with van der Waals surface area (Å²) < 4.78 is 12.3. The Labute approximate surface area is 326 Å². The lowest BCUT2D eigenvalue weighted by atomic mass is 9.72. The number of carbonyl (C=O) groups excluding carboxylic acids is 2. The highest BCUT2D eigenvalue weighted by Crippen LogP contribution is 2.40. The number of aromatic nitrogens is 1. The number of aliphatic hydroxyl groups excluding tert-OH is 1. The number of likely N-dealkylation sites (tertiary alicyclic amines) is 1. The number of halogens is 1. The van der Waals surface area contributed by atoms with Gasteiger partial charge < -0.3 is 34.9 Å². The number of ether oxygens (including phenoxy) is 2. The van der Waals surface area contributed by atoms with Crippen LogP contribution in [0.4, 0.5) is 0 Å². The standard InChI is InChI=1S/C43H51ClN4O7/c44-32-9-7-31(8-10-32)43(42(53)55-38-28-47-22-17-29(38)18-23-47)19-24-48(25-20-43)41(52)30-5-11-33(12-6-30)54-26-4-2-1-3-21-45-27-37(50)34-13-15-36(49)40-35(34)14-16-39(51)46-40/h5-16,29,37-38,45,49-50H,1-4,17-28H2,(H,46,51)/t37-,38-/m0/s1.